The fraction of sp³-hybridized carbons (Fsp3) is 0.474. The molecule has 3 rings (SSSR count). The second-order valence-electron chi connectivity index (χ2n) is 7.06. The molecule has 2 aromatic rings. The molecule has 0 spiro atoms. The van der Waals surface area contributed by atoms with Crippen molar-refractivity contribution in [3.05, 3.63) is 41.6 Å². The molecule has 0 radical (unpaired) electrons. The van der Waals surface area contributed by atoms with E-state index in [4.69, 9.17) is 4.74 Å². The fourth-order valence-corrected chi connectivity index (χ4v) is 3.42. The first kappa shape index (κ1) is 17.6. The second kappa shape index (κ2) is 7.37. The Hall–Kier alpha value is -2.18. The Morgan fingerprint density at radius 3 is 2.52 bits per heavy atom. The lowest BCUT2D eigenvalue weighted by Gasteiger charge is -2.31. The predicted octanol–water partition coefficient (Wildman–Crippen LogP) is 1.12. The lowest BCUT2D eigenvalue weighted by atomic mass is 10.2. The first-order valence-electron chi connectivity index (χ1n) is 8.83. The van der Waals surface area contributed by atoms with Crippen LogP contribution in [0, 0.1) is 13.8 Å². The molecule has 0 bridgehead atoms. The molecular weight excluding hydrogens is 316 g/mol. The van der Waals surface area contributed by atoms with E-state index in [2.05, 4.69) is 24.3 Å². The smallest absolute Gasteiger partial charge is 0.280 e. The Labute approximate surface area is 148 Å². The highest BCUT2D eigenvalue weighted by Crippen LogP contribution is 2.17. The van der Waals surface area contributed by atoms with Crippen LogP contribution in [0.3, 0.4) is 0 Å². The van der Waals surface area contributed by atoms with Crippen LogP contribution in [0.5, 0.6) is 0 Å². The molecular formula is C19H27N4O2+. The molecule has 6 nitrogen and oxygen atoms in total. The van der Waals surface area contributed by atoms with E-state index in [-0.39, 0.29) is 18.1 Å². The molecule has 1 fully saturated rings. The molecule has 1 aliphatic rings. The number of nitrogens with one attached hydrogen (secondary N) is 2. The Morgan fingerprint density at radius 2 is 1.88 bits per heavy atom. The first-order valence-corrected chi connectivity index (χ1v) is 8.83. The van der Waals surface area contributed by atoms with Gasteiger partial charge >= 0.3 is 0 Å². The number of benzene rings is 1. The zero-order chi connectivity index (χ0) is 18.0. The van der Waals surface area contributed by atoms with E-state index in [0.717, 1.165) is 24.5 Å². The van der Waals surface area contributed by atoms with Crippen molar-refractivity contribution in [1.29, 1.82) is 0 Å². The number of aromatic nitrogens is 2. The maximum absolute atomic E-state index is 12.5. The summed E-state index contributed by atoms with van der Waals surface area (Å²) in [7, 11) is 0. The number of aryl methyl sites for hydroxylation is 2. The minimum atomic E-state index is 0.00422. The SMILES string of the molecule is Cc1ccc(-n2nc(C)cc2NC(=O)C[NH+]2C[C@@H](C)O[C@@H](C)C2)cc1. The van der Waals surface area contributed by atoms with E-state index in [0.29, 0.717) is 12.4 Å². The maximum Gasteiger partial charge on any atom is 0.280 e. The normalized spacial score (nSPS) is 23.4. The van der Waals surface area contributed by atoms with Gasteiger partial charge in [-0.25, -0.2) is 4.68 Å². The molecule has 1 amide bonds. The summed E-state index contributed by atoms with van der Waals surface area (Å²) in [5.74, 6) is 0.713. The van der Waals surface area contributed by atoms with Gasteiger partial charge in [0.05, 0.1) is 11.4 Å². The lowest BCUT2D eigenvalue weighted by Crippen LogP contribution is -3.16. The Balaban J connectivity index is 1.70. The van der Waals surface area contributed by atoms with Gasteiger partial charge in [-0.1, -0.05) is 17.7 Å². The van der Waals surface area contributed by atoms with Gasteiger partial charge in [0, 0.05) is 6.07 Å². The molecule has 3 atom stereocenters. The molecule has 1 aromatic carbocycles. The molecule has 0 aliphatic carbocycles. The Morgan fingerprint density at radius 1 is 1.24 bits per heavy atom. The third-order valence-electron chi connectivity index (χ3n) is 4.40. The number of morpholine rings is 1. The van der Waals surface area contributed by atoms with E-state index in [1.165, 1.54) is 10.5 Å². The third-order valence-corrected chi connectivity index (χ3v) is 4.40. The van der Waals surface area contributed by atoms with Crippen molar-refractivity contribution >= 4 is 11.7 Å². The van der Waals surface area contributed by atoms with Crippen molar-refractivity contribution in [2.45, 2.75) is 39.9 Å². The number of ether oxygens (including phenoxy) is 1. The summed E-state index contributed by atoms with van der Waals surface area (Å²) in [6.45, 7) is 10.2. The van der Waals surface area contributed by atoms with Crippen molar-refractivity contribution in [3.63, 3.8) is 0 Å². The number of carbonyl (C=O) groups excluding carboxylic acids is 1. The average molecular weight is 343 g/mol. The van der Waals surface area contributed by atoms with E-state index in [1.54, 1.807) is 4.68 Å². The van der Waals surface area contributed by atoms with Crippen LogP contribution < -0.4 is 10.2 Å². The van der Waals surface area contributed by atoms with Gasteiger partial charge in [-0.3, -0.25) is 4.79 Å². The first-order chi connectivity index (χ1) is 11.9. The number of nitrogens with zero attached hydrogens (tertiary/aromatic N) is 2. The van der Waals surface area contributed by atoms with Crippen molar-refractivity contribution < 1.29 is 14.4 Å². The summed E-state index contributed by atoms with van der Waals surface area (Å²) in [5.41, 5.74) is 3.00. The van der Waals surface area contributed by atoms with Gasteiger partial charge in [-0.15, -0.1) is 0 Å². The molecule has 1 unspecified atom stereocenters. The monoisotopic (exact) mass is 343 g/mol. The van der Waals surface area contributed by atoms with Gasteiger partial charge in [0.2, 0.25) is 0 Å². The number of rotatable bonds is 4. The van der Waals surface area contributed by atoms with E-state index in [9.17, 15) is 4.79 Å². The zero-order valence-corrected chi connectivity index (χ0v) is 15.4. The molecule has 1 aromatic heterocycles. The number of carbonyl (C=O) groups is 1. The minimum absolute atomic E-state index is 0.00422. The highest BCUT2D eigenvalue weighted by Gasteiger charge is 2.27. The molecule has 2 heterocycles. The second-order valence-corrected chi connectivity index (χ2v) is 7.06. The zero-order valence-electron chi connectivity index (χ0n) is 15.4. The Kier molecular flexibility index (Phi) is 5.20. The van der Waals surface area contributed by atoms with Crippen LogP contribution in [-0.2, 0) is 9.53 Å². The molecule has 25 heavy (non-hydrogen) atoms. The molecule has 0 saturated carbocycles. The predicted molar refractivity (Wildman–Crippen MR) is 97.2 cm³/mol. The number of quaternary nitrogens is 1. The largest absolute Gasteiger partial charge is 0.364 e. The summed E-state index contributed by atoms with van der Waals surface area (Å²) < 4.78 is 7.52. The number of anilines is 1. The van der Waals surface area contributed by atoms with Gasteiger partial charge in [0.15, 0.2) is 6.54 Å². The standard InChI is InChI=1S/C19H26N4O2/c1-13-5-7-17(8-6-13)23-18(9-14(2)21-23)20-19(24)12-22-10-15(3)25-16(4)11-22/h5-9,15-16H,10-12H2,1-4H3,(H,20,24)/p+1/t15-,16+. The molecule has 2 N–H and O–H groups in total. The quantitative estimate of drug-likeness (QED) is 0.875. The third kappa shape index (κ3) is 4.46. The fourth-order valence-electron chi connectivity index (χ4n) is 3.42. The van der Waals surface area contributed by atoms with Gasteiger partial charge in [-0.05, 0) is 39.8 Å². The van der Waals surface area contributed by atoms with Crippen LogP contribution in [0.1, 0.15) is 25.1 Å². The summed E-state index contributed by atoms with van der Waals surface area (Å²) in [4.78, 5) is 13.8. The highest BCUT2D eigenvalue weighted by molar-refractivity contribution is 5.91. The summed E-state index contributed by atoms with van der Waals surface area (Å²) in [6.07, 6.45) is 0.374. The van der Waals surface area contributed by atoms with Crippen molar-refractivity contribution in [2.75, 3.05) is 25.0 Å². The average Bonchev–Trinajstić information content (AvgIpc) is 2.87. The number of amides is 1. The molecule has 6 heteroatoms. The molecule has 134 valence electrons. The van der Waals surface area contributed by atoms with Crippen LogP contribution >= 0.6 is 0 Å². The summed E-state index contributed by atoms with van der Waals surface area (Å²) in [5, 5.41) is 7.53. The maximum atomic E-state index is 12.5. The van der Waals surface area contributed by atoms with Gasteiger partial charge in [0.25, 0.3) is 5.91 Å². The van der Waals surface area contributed by atoms with Crippen LogP contribution in [0.4, 0.5) is 5.82 Å². The van der Waals surface area contributed by atoms with E-state index >= 15 is 0 Å². The highest BCUT2D eigenvalue weighted by atomic mass is 16.5. The van der Waals surface area contributed by atoms with Crippen LogP contribution in [-0.4, -0.2) is 47.5 Å². The molecule has 1 saturated heterocycles. The number of hydrogen-bond acceptors (Lipinski definition) is 3. The lowest BCUT2D eigenvalue weighted by molar-refractivity contribution is -0.907. The van der Waals surface area contributed by atoms with Crippen molar-refractivity contribution in [1.82, 2.24) is 9.78 Å². The molecule has 1 aliphatic heterocycles. The number of hydrogen-bond donors (Lipinski definition) is 2. The van der Waals surface area contributed by atoms with E-state index in [1.807, 2.05) is 44.2 Å². The summed E-state index contributed by atoms with van der Waals surface area (Å²) in [6, 6.07) is 10.00. The van der Waals surface area contributed by atoms with Crippen molar-refractivity contribution in [3.8, 4) is 5.69 Å². The Bertz CT molecular complexity index is 728. The van der Waals surface area contributed by atoms with Gasteiger partial charge < -0.3 is 15.0 Å². The van der Waals surface area contributed by atoms with Crippen LogP contribution in [0.15, 0.2) is 30.3 Å². The van der Waals surface area contributed by atoms with Crippen LogP contribution in [0.25, 0.3) is 5.69 Å². The summed E-state index contributed by atoms with van der Waals surface area (Å²) >= 11 is 0. The van der Waals surface area contributed by atoms with Gasteiger partial charge in [-0.2, -0.15) is 5.10 Å². The van der Waals surface area contributed by atoms with Gasteiger partial charge in [0.1, 0.15) is 31.1 Å². The topological polar surface area (TPSA) is 60.6 Å². The minimum Gasteiger partial charge on any atom is -0.364 e. The van der Waals surface area contributed by atoms with Crippen LogP contribution in [0.2, 0.25) is 0 Å². The van der Waals surface area contributed by atoms with Crippen molar-refractivity contribution in [2.24, 2.45) is 0 Å². The van der Waals surface area contributed by atoms with E-state index < -0.39 is 0 Å².